The second-order valence-corrected chi connectivity index (χ2v) is 8.35. The Morgan fingerprint density at radius 3 is 2.07 bits per heavy atom. The van der Waals surface area contributed by atoms with Crippen LogP contribution in [0.1, 0.15) is 110 Å². The van der Waals surface area contributed by atoms with E-state index in [1.165, 1.54) is 70.6 Å². The highest BCUT2D eigenvalue weighted by Crippen LogP contribution is 2.18. The second-order valence-electron chi connectivity index (χ2n) is 8.35. The lowest BCUT2D eigenvalue weighted by Crippen LogP contribution is -2.42. The largest absolute Gasteiger partial charge is 0.481 e. The maximum atomic E-state index is 12.2. The van der Waals surface area contributed by atoms with Gasteiger partial charge in [0, 0.05) is 19.5 Å². The molecule has 1 N–H and O–H groups in total. The van der Waals surface area contributed by atoms with E-state index < -0.39 is 5.97 Å². The van der Waals surface area contributed by atoms with Crippen LogP contribution in [0, 0.1) is 5.92 Å². The van der Waals surface area contributed by atoms with E-state index in [9.17, 15) is 9.59 Å². The average molecular weight is 394 g/mol. The van der Waals surface area contributed by atoms with E-state index in [0.29, 0.717) is 19.4 Å². The van der Waals surface area contributed by atoms with Crippen LogP contribution in [-0.4, -0.2) is 35.0 Å². The van der Waals surface area contributed by atoms with Crippen molar-refractivity contribution in [3.63, 3.8) is 0 Å². The van der Waals surface area contributed by atoms with Crippen LogP contribution in [0.25, 0.3) is 0 Å². The predicted octanol–water partition coefficient (Wildman–Crippen LogP) is 6.35. The van der Waals surface area contributed by atoms with Crippen LogP contribution in [-0.2, 0) is 9.59 Å². The molecule has 162 valence electrons. The van der Waals surface area contributed by atoms with Crippen molar-refractivity contribution < 1.29 is 14.7 Å². The number of amides is 1. The van der Waals surface area contributed by atoms with Gasteiger partial charge in [-0.2, -0.15) is 0 Å². The van der Waals surface area contributed by atoms with Crippen molar-refractivity contribution >= 4 is 11.9 Å². The minimum Gasteiger partial charge on any atom is -0.481 e. The highest BCUT2D eigenvalue weighted by atomic mass is 16.4. The molecule has 0 radical (unpaired) electrons. The number of carboxylic acid groups (broad SMARTS) is 1. The molecule has 4 heteroatoms. The Morgan fingerprint density at radius 1 is 0.893 bits per heavy atom. The minimum absolute atomic E-state index is 0.142. The van der Waals surface area contributed by atoms with Crippen LogP contribution in [0.4, 0.5) is 0 Å². The second kappa shape index (κ2) is 16.6. The summed E-state index contributed by atoms with van der Waals surface area (Å²) in [6, 6.07) is 0. The summed E-state index contributed by atoms with van der Waals surface area (Å²) in [5.74, 6) is -0.992. The number of unbranched alkanes of at least 4 members (excludes halogenated alkanes) is 11. The fourth-order valence-electron chi connectivity index (χ4n) is 3.91. The van der Waals surface area contributed by atoms with Crippen LogP contribution in [0.2, 0.25) is 0 Å². The molecule has 0 bridgehead atoms. The van der Waals surface area contributed by atoms with E-state index in [0.717, 1.165) is 25.8 Å². The minimum atomic E-state index is -0.765. The smallest absolute Gasteiger partial charge is 0.308 e. The normalized spacial score (nSPS) is 17.3. The number of allylic oxidation sites excluding steroid dienone is 2. The number of carbonyl (C=O) groups excluding carboxylic acids is 1. The van der Waals surface area contributed by atoms with Crippen LogP contribution in [0.3, 0.4) is 0 Å². The van der Waals surface area contributed by atoms with Gasteiger partial charge in [-0.3, -0.25) is 9.59 Å². The Morgan fingerprint density at radius 2 is 1.46 bits per heavy atom. The zero-order valence-corrected chi connectivity index (χ0v) is 18.2. The third-order valence-corrected chi connectivity index (χ3v) is 5.78. The third-order valence-electron chi connectivity index (χ3n) is 5.78. The quantitative estimate of drug-likeness (QED) is 0.246. The lowest BCUT2D eigenvalue weighted by atomic mass is 9.98. The molecule has 1 heterocycles. The highest BCUT2D eigenvalue weighted by Gasteiger charge is 2.27. The molecule has 1 fully saturated rings. The number of rotatable bonds is 16. The molecule has 0 aliphatic carbocycles. The first-order valence-corrected chi connectivity index (χ1v) is 11.8. The third kappa shape index (κ3) is 12.2. The predicted molar refractivity (Wildman–Crippen MR) is 116 cm³/mol. The summed E-state index contributed by atoms with van der Waals surface area (Å²) in [5, 5.41) is 9.11. The summed E-state index contributed by atoms with van der Waals surface area (Å²) in [7, 11) is 0. The molecule has 28 heavy (non-hydrogen) atoms. The van der Waals surface area contributed by atoms with Crippen molar-refractivity contribution in [2.75, 3.05) is 13.1 Å². The summed E-state index contributed by atoms with van der Waals surface area (Å²) in [6.07, 6.45) is 23.1. The molecule has 0 aromatic heterocycles. The number of piperidine rings is 1. The molecule has 0 saturated carbocycles. The zero-order valence-electron chi connectivity index (χ0n) is 18.2. The molecular formula is C24H43NO3. The van der Waals surface area contributed by atoms with Crippen molar-refractivity contribution in [1.29, 1.82) is 0 Å². The Kier molecular flexibility index (Phi) is 14.7. The van der Waals surface area contributed by atoms with Crippen molar-refractivity contribution in [3.05, 3.63) is 12.2 Å². The van der Waals surface area contributed by atoms with Crippen molar-refractivity contribution in [2.24, 2.45) is 5.92 Å². The number of hydrogen-bond acceptors (Lipinski definition) is 2. The topological polar surface area (TPSA) is 57.6 Å². The van der Waals surface area contributed by atoms with Crippen molar-refractivity contribution in [3.8, 4) is 0 Å². The van der Waals surface area contributed by atoms with Gasteiger partial charge in [-0.05, 0) is 44.9 Å². The van der Waals surface area contributed by atoms with Gasteiger partial charge >= 0.3 is 5.97 Å². The number of hydrogen-bond donors (Lipinski definition) is 1. The average Bonchev–Trinajstić information content (AvgIpc) is 2.70. The van der Waals surface area contributed by atoms with Gasteiger partial charge in [0.25, 0.3) is 0 Å². The van der Waals surface area contributed by atoms with E-state index in [2.05, 4.69) is 19.1 Å². The molecule has 1 unspecified atom stereocenters. The highest BCUT2D eigenvalue weighted by molar-refractivity contribution is 5.78. The first kappa shape index (κ1) is 24.7. The van der Waals surface area contributed by atoms with Crippen LogP contribution >= 0.6 is 0 Å². The summed E-state index contributed by atoms with van der Waals surface area (Å²) < 4.78 is 0. The molecule has 1 saturated heterocycles. The van der Waals surface area contributed by atoms with Gasteiger partial charge in [0.2, 0.25) is 5.91 Å². The van der Waals surface area contributed by atoms with Gasteiger partial charge in [0.1, 0.15) is 0 Å². The summed E-state index contributed by atoms with van der Waals surface area (Å²) in [6.45, 7) is 3.39. The number of nitrogens with zero attached hydrogens (tertiary/aromatic N) is 1. The monoisotopic (exact) mass is 393 g/mol. The molecule has 0 aromatic carbocycles. The molecule has 0 aromatic rings. The fourth-order valence-corrected chi connectivity index (χ4v) is 3.91. The van der Waals surface area contributed by atoms with Gasteiger partial charge in [-0.25, -0.2) is 0 Å². The first-order chi connectivity index (χ1) is 13.6. The first-order valence-electron chi connectivity index (χ1n) is 11.8. The van der Waals surface area contributed by atoms with E-state index in [1.54, 1.807) is 4.90 Å². The van der Waals surface area contributed by atoms with E-state index in [4.69, 9.17) is 5.11 Å². The molecule has 1 amide bonds. The van der Waals surface area contributed by atoms with Crippen molar-refractivity contribution in [1.82, 2.24) is 4.90 Å². The standard InChI is InChI=1S/C24H43NO3/c1-2-3-4-5-6-7-8-9-10-11-12-13-14-15-16-19-23(26)25-20-17-18-22(21-25)24(27)28/h9-10,22H,2-8,11-21H2,1H3,(H,27,28)/b10-9+. The lowest BCUT2D eigenvalue weighted by molar-refractivity contribution is -0.145. The zero-order chi connectivity index (χ0) is 20.5. The van der Waals surface area contributed by atoms with Gasteiger partial charge in [0.15, 0.2) is 0 Å². The lowest BCUT2D eigenvalue weighted by Gasteiger charge is -2.30. The Hall–Kier alpha value is -1.32. The van der Waals surface area contributed by atoms with Crippen LogP contribution in [0.5, 0.6) is 0 Å². The summed E-state index contributed by atoms with van der Waals surface area (Å²) >= 11 is 0. The SMILES string of the molecule is CCCCCCCC/C=C/CCCCCCCC(=O)N1CCCC(C(=O)O)C1. The molecule has 1 aliphatic rings. The molecular weight excluding hydrogens is 350 g/mol. The van der Waals surface area contributed by atoms with Crippen molar-refractivity contribution in [2.45, 2.75) is 110 Å². The van der Waals surface area contributed by atoms with E-state index >= 15 is 0 Å². The molecule has 1 atom stereocenters. The van der Waals surface area contributed by atoms with Gasteiger partial charge in [-0.15, -0.1) is 0 Å². The number of carbonyl (C=O) groups is 2. The maximum absolute atomic E-state index is 12.2. The van der Waals surface area contributed by atoms with Gasteiger partial charge < -0.3 is 10.0 Å². The maximum Gasteiger partial charge on any atom is 0.308 e. The number of likely N-dealkylation sites (tertiary alicyclic amines) is 1. The molecule has 0 spiro atoms. The number of aliphatic carboxylic acids is 1. The van der Waals surface area contributed by atoms with E-state index in [1.807, 2.05) is 0 Å². The van der Waals surface area contributed by atoms with Gasteiger partial charge in [0.05, 0.1) is 5.92 Å². The Bertz CT molecular complexity index is 447. The van der Waals surface area contributed by atoms with Gasteiger partial charge in [-0.1, -0.05) is 70.4 Å². The Labute approximate surface area is 172 Å². The van der Waals surface area contributed by atoms with Crippen LogP contribution in [0.15, 0.2) is 12.2 Å². The molecule has 4 nitrogen and oxygen atoms in total. The molecule has 1 aliphatic heterocycles. The van der Waals surface area contributed by atoms with Crippen LogP contribution < -0.4 is 0 Å². The van der Waals surface area contributed by atoms with E-state index in [-0.39, 0.29) is 11.8 Å². The Balaban J connectivity index is 1.90. The number of carboxylic acids is 1. The fraction of sp³-hybridized carbons (Fsp3) is 0.833. The molecule has 1 rings (SSSR count). The summed E-state index contributed by atoms with van der Waals surface area (Å²) in [4.78, 5) is 25.1. The summed E-state index contributed by atoms with van der Waals surface area (Å²) in [5.41, 5.74) is 0.